The average molecular weight is 1590 g/mol. The number of hydrogen-bond donors (Lipinski definition) is 12. The molecule has 0 saturated carbocycles. The Labute approximate surface area is 682 Å². The van der Waals surface area contributed by atoms with Crippen LogP contribution in [0.5, 0.6) is 0 Å². The van der Waals surface area contributed by atoms with E-state index in [1.54, 1.807) is 6.08 Å². The molecule has 19 nitrogen and oxygen atoms in total. The number of carbonyl (C=O) groups excluding carboxylic acids is 1. The van der Waals surface area contributed by atoms with E-state index in [0.717, 1.165) is 44.9 Å². The summed E-state index contributed by atoms with van der Waals surface area (Å²) in [6, 6.07) is -0.991. The van der Waals surface area contributed by atoms with Gasteiger partial charge in [-0.25, -0.2) is 0 Å². The Balaban J connectivity index is 1.29. The van der Waals surface area contributed by atoms with Gasteiger partial charge in [0.05, 0.1) is 38.6 Å². The third-order valence-electron chi connectivity index (χ3n) is 23.3. The van der Waals surface area contributed by atoms with Crippen molar-refractivity contribution >= 4 is 5.91 Å². The molecule has 112 heavy (non-hydrogen) atoms. The van der Waals surface area contributed by atoms with Gasteiger partial charge in [0.1, 0.15) is 73.2 Å². The number of rotatable bonds is 77. The second kappa shape index (κ2) is 72.7. The zero-order chi connectivity index (χ0) is 81.0. The maximum absolute atomic E-state index is 13.5. The molecular formula is C93H173NO18. The Morgan fingerprint density at radius 1 is 0.321 bits per heavy atom. The molecule has 0 aromatic carbocycles. The number of carbonyl (C=O) groups is 1. The van der Waals surface area contributed by atoms with E-state index >= 15 is 0 Å². The molecule has 17 unspecified atom stereocenters. The number of aliphatic hydroxyl groups is 11. The topological polar surface area (TPSA) is 307 Å². The molecule has 3 aliphatic heterocycles. The van der Waals surface area contributed by atoms with E-state index in [4.69, 9.17) is 28.4 Å². The van der Waals surface area contributed by atoms with Crippen LogP contribution in [0.3, 0.4) is 0 Å². The van der Waals surface area contributed by atoms with Crippen molar-refractivity contribution in [3.63, 3.8) is 0 Å². The van der Waals surface area contributed by atoms with Crippen LogP contribution in [0.1, 0.15) is 406 Å². The van der Waals surface area contributed by atoms with Gasteiger partial charge in [-0.2, -0.15) is 0 Å². The smallest absolute Gasteiger partial charge is 0.220 e. The van der Waals surface area contributed by atoms with E-state index in [1.165, 1.54) is 327 Å². The molecule has 0 spiro atoms. The lowest BCUT2D eigenvalue weighted by atomic mass is 9.96. The number of aliphatic hydroxyl groups excluding tert-OH is 11. The fourth-order valence-electron chi connectivity index (χ4n) is 15.9. The normalized spacial score (nSPS) is 25.1. The van der Waals surface area contributed by atoms with Crippen molar-refractivity contribution in [3.05, 3.63) is 48.6 Å². The third kappa shape index (κ3) is 50.6. The number of hydrogen-bond acceptors (Lipinski definition) is 18. The lowest BCUT2D eigenvalue weighted by molar-refractivity contribution is -0.379. The molecule has 3 heterocycles. The zero-order valence-corrected chi connectivity index (χ0v) is 71.2. The van der Waals surface area contributed by atoms with Gasteiger partial charge in [0.2, 0.25) is 5.91 Å². The standard InChI is InChI=1S/C93H173NO18/c1-3-5-7-9-11-13-15-17-19-21-23-25-27-29-31-32-33-34-35-36-37-38-39-40-41-42-43-44-45-47-49-51-53-55-57-59-61-63-65-67-69-71-81(99)94-76(77(98)70-68-66-64-62-60-58-56-54-52-50-48-46-30-28-26-24-22-20-18-16-14-12-10-8-6-4-2)75-107-91-87(105)84(102)89(79(73-96)109-91)112-93-88(106)85(103)90(80(74-97)110-93)111-92-86(104)83(101)82(100)78(72-95)108-92/h15,17,21,23,60,62,68,70,76-80,82-93,95-98,100-106H,3-14,16,18-20,22,24-59,61,63-67,69,71-75H2,1-2H3,(H,94,99)/b17-15-,23-21-,62-60+,70-68+. The summed E-state index contributed by atoms with van der Waals surface area (Å²) in [5, 5.41) is 121. The van der Waals surface area contributed by atoms with Crippen LogP contribution in [0.15, 0.2) is 48.6 Å². The summed E-state index contributed by atoms with van der Waals surface area (Å²) >= 11 is 0. The number of amides is 1. The molecule has 0 aliphatic carbocycles. The van der Waals surface area contributed by atoms with Gasteiger partial charge in [-0.3, -0.25) is 4.79 Å². The van der Waals surface area contributed by atoms with Crippen LogP contribution in [0, 0.1) is 0 Å². The predicted molar refractivity (Wildman–Crippen MR) is 452 cm³/mol. The van der Waals surface area contributed by atoms with Crippen molar-refractivity contribution in [3.8, 4) is 0 Å². The fraction of sp³-hybridized carbons (Fsp3) is 0.903. The predicted octanol–water partition coefficient (Wildman–Crippen LogP) is 18.4. The molecule has 0 aromatic heterocycles. The molecule has 12 N–H and O–H groups in total. The summed E-state index contributed by atoms with van der Waals surface area (Å²) in [5.74, 6) is -0.277. The lowest BCUT2D eigenvalue weighted by Gasteiger charge is -2.48. The van der Waals surface area contributed by atoms with Crippen molar-refractivity contribution in [1.29, 1.82) is 0 Å². The highest BCUT2D eigenvalue weighted by Crippen LogP contribution is 2.34. The maximum Gasteiger partial charge on any atom is 0.220 e. The molecule has 0 bridgehead atoms. The highest BCUT2D eigenvalue weighted by atomic mass is 16.8. The molecule has 17 atom stereocenters. The molecular weight excluding hydrogens is 1420 g/mol. The number of unbranched alkanes of at least 4 members (excludes halogenated alkanes) is 55. The minimum atomic E-state index is -1.98. The summed E-state index contributed by atoms with van der Waals surface area (Å²) in [4.78, 5) is 13.5. The number of allylic oxidation sites excluding steroid dienone is 7. The zero-order valence-electron chi connectivity index (χ0n) is 71.2. The molecule has 0 radical (unpaired) electrons. The first kappa shape index (κ1) is 104. The van der Waals surface area contributed by atoms with Gasteiger partial charge < -0.3 is 89.9 Å². The molecule has 3 aliphatic rings. The van der Waals surface area contributed by atoms with Crippen LogP contribution < -0.4 is 5.32 Å². The lowest BCUT2D eigenvalue weighted by Crippen LogP contribution is -2.66. The Morgan fingerprint density at radius 3 is 0.946 bits per heavy atom. The van der Waals surface area contributed by atoms with Gasteiger partial charge in [0.15, 0.2) is 18.9 Å². The summed E-state index contributed by atoms with van der Waals surface area (Å²) in [7, 11) is 0. The second-order valence-corrected chi connectivity index (χ2v) is 33.5. The summed E-state index contributed by atoms with van der Waals surface area (Å²) in [6.45, 7) is 1.77. The van der Waals surface area contributed by atoms with Crippen molar-refractivity contribution in [2.45, 2.75) is 510 Å². The minimum absolute atomic E-state index is 0.240. The summed E-state index contributed by atoms with van der Waals surface area (Å²) in [6.07, 6.45) is 68.6. The molecule has 3 saturated heterocycles. The van der Waals surface area contributed by atoms with Gasteiger partial charge in [-0.1, -0.05) is 383 Å². The quantitative estimate of drug-likeness (QED) is 0.0199. The van der Waals surface area contributed by atoms with Crippen LogP contribution in [-0.4, -0.2) is 193 Å². The van der Waals surface area contributed by atoms with Crippen molar-refractivity contribution < 1.29 is 89.4 Å². The largest absolute Gasteiger partial charge is 0.394 e. The first-order chi connectivity index (χ1) is 54.8. The van der Waals surface area contributed by atoms with Crippen molar-refractivity contribution in [1.82, 2.24) is 5.32 Å². The first-order valence-corrected chi connectivity index (χ1v) is 46.9. The van der Waals surface area contributed by atoms with E-state index < -0.39 is 124 Å². The Hall–Kier alpha value is -2.25. The Morgan fingerprint density at radius 2 is 0.598 bits per heavy atom. The summed E-state index contributed by atoms with van der Waals surface area (Å²) in [5.41, 5.74) is 0. The van der Waals surface area contributed by atoms with E-state index in [0.29, 0.717) is 12.8 Å². The van der Waals surface area contributed by atoms with Gasteiger partial charge in [-0.15, -0.1) is 0 Å². The number of ether oxygens (including phenoxy) is 6. The van der Waals surface area contributed by atoms with Gasteiger partial charge >= 0.3 is 0 Å². The molecule has 658 valence electrons. The molecule has 3 fully saturated rings. The van der Waals surface area contributed by atoms with E-state index in [2.05, 4.69) is 55.6 Å². The van der Waals surface area contributed by atoms with E-state index in [1.807, 2.05) is 6.08 Å². The first-order valence-electron chi connectivity index (χ1n) is 46.9. The van der Waals surface area contributed by atoms with Gasteiger partial charge in [0.25, 0.3) is 0 Å². The monoisotopic (exact) mass is 1590 g/mol. The molecule has 3 rings (SSSR count). The van der Waals surface area contributed by atoms with E-state index in [9.17, 15) is 61.0 Å². The molecule has 0 aromatic rings. The average Bonchev–Trinajstić information content (AvgIpc) is 0.781. The third-order valence-corrected chi connectivity index (χ3v) is 23.3. The van der Waals surface area contributed by atoms with Crippen LogP contribution in [0.25, 0.3) is 0 Å². The highest BCUT2D eigenvalue weighted by Gasteiger charge is 2.54. The van der Waals surface area contributed by atoms with Crippen LogP contribution in [-0.2, 0) is 33.2 Å². The van der Waals surface area contributed by atoms with Crippen molar-refractivity contribution in [2.24, 2.45) is 0 Å². The van der Waals surface area contributed by atoms with E-state index in [-0.39, 0.29) is 18.9 Å². The van der Waals surface area contributed by atoms with Crippen LogP contribution in [0.4, 0.5) is 0 Å². The molecule has 1 amide bonds. The second-order valence-electron chi connectivity index (χ2n) is 33.5. The van der Waals surface area contributed by atoms with Gasteiger partial charge in [0, 0.05) is 6.42 Å². The highest BCUT2D eigenvalue weighted by molar-refractivity contribution is 5.76. The van der Waals surface area contributed by atoms with Crippen LogP contribution in [0.2, 0.25) is 0 Å². The SMILES string of the molecule is CCCCCCC/C=C\C/C=C\CCCCCCCCCCCCCCCCCCCCCCCCCCCCCCCC(=O)NC(COC1OC(CO)C(OC2OC(CO)C(OC3OC(CO)C(O)C(O)C3O)C(O)C2O)C(O)C1O)C(O)/C=C/CC/C=C/CCCCCCCCCCCCCCCCCCCCCC. The van der Waals surface area contributed by atoms with Crippen LogP contribution >= 0.6 is 0 Å². The Kier molecular flexibility index (Phi) is 67.5. The molecule has 19 heteroatoms. The Bertz CT molecular complexity index is 2200. The number of nitrogens with one attached hydrogen (secondary N) is 1. The maximum atomic E-state index is 13.5. The van der Waals surface area contributed by atoms with Gasteiger partial charge in [-0.05, 0) is 64.2 Å². The van der Waals surface area contributed by atoms with Crippen molar-refractivity contribution in [2.75, 3.05) is 26.4 Å². The fourth-order valence-corrected chi connectivity index (χ4v) is 15.9. The minimum Gasteiger partial charge on any atom is -0.394 e. The summed E-state index contributed by atoms with van der Waals surface area (Å²) < 4.78 is 34.5.